The van der Waals surface area contributed by atoms with Gasteiger partial charge in [0.05, 0.1) is 11.9 Å². The Bertz CT molecular complexity index is 862. The number of nitrogens with one attached hydrogen (secondary N) is 1. The van der Waals surface area contributed by atoms with Crippen molar-refractivity contribution in [3.05, 3.63) is 71.9 Å². The Morgan fingerprint density at radius 1 is 1.17 bits per heavy atom. The molecular weight excluding hydrogens is 302 g/mol. The lowest BCUT2D eigenvalue weighted by Crippen LogP contribution is -2.32. The maximum atomic E-state index is 12.6. The van der Waals surface area contributed by atoms with Crippen LogP contribution in [0.25, 0.3) is 5.69 Å². The van der Waals surface area contributed by atoms with Crippen LogP contribution >= 0.6 is 0 Å². The second-order valence-electron chi connectivity index (χ2n) is 5.83. The first kappa shape index (κ1) is 14.5. The Morgan fingerprint density at radius 3 is 2.71 bits per heavy atom. The van der Waals surface area contributed by atoms with Crippen LogP contribution in [0.5, 0.6) is 5.75 Å². The van der Waals surface area contributed by atoms with Crippen molar-refractivity contribution in [1.82, 2.24) is 9.78 Å². The van der Waals surface area contributed by atoms with Gasteiger partial charge in [-0.25, -0.2) is 4.68 Å². The van der Waals surface area contributed by atoms with Crippen molar-refractivity contribution < 1.29 is 9.53 Å². The molecule has 24 heavy (non-hydrogen) atoms. The number of carbonyl (C=O) groups excluding carboxylic acids is 1. The van der Waals surface area contributed by atoms with Gasteiger partial charge in [0.15, 0.2) is 6.10 Å². The van der Waals surface area contributed by atoms with Gasteiger partial charge in [-0.3, -0.25) is 4.79 Å². The zero-order valence-electron chi connectivity index (χ0n) is 13.3. The second kappa shape index (κ2) is 5.85. The van der Waals surface area contributed by atoms with Crippen LogP contribution in [-0.4, -0.2) is 21.8 Å². The van der Waals surface area contributed by atoms with Gasteiger partial charge >= 0.3 is 0 Å². The summed E-state index contributed by atoms with van der Waals surface area (Å²) in [4.78, 5) is 12.6. The zero-order valence-corrected chi connectivity index (χ0v) is 13.3. The van der Waals surface area contributed by atoms with Gasteiger partial charge in [0.1, 0.15) is 11.6 Å². The molecule has 0 bridgehead atoms. The van der Waals surface area contributed by atoms with Crippen LogP contribution in [0.2, 0.25) is 0 Å². The van der Waals surface area contributed by atoms with E-state index in [0.717, 1.165) is 22.6 Å². The number of hydrogen-bond donors (Lipinski definition) is 1. The van der Waals surface area contributed by atoms with E-state index in [1.165, 1.54) is 0 Å². The fourth-order valence-corrected chi connectivity index (χ4v) is 2.87. The third-order valence-corrected chi connectivity index (χ3v) is 4.13. The van der Waals surface area contributed by atoms with E-state index in [9.17, 15) is 4.79 Å². The number of aromatic nitrogens is 2. The van der Waals surface area contributed by atoms with Crippen molar-refractivity contribution >= 4 is 11.7 Å². The molecule has 0 saturated carbocycles. The first-order valence-electron chi connectivity index (χ1n) is 7.88. The molecule has 1 amide bonds. The van der Waals surface area contributed by atoms with Gasteiger partial charge in [0.2, 0.25) is 0 Å². The lowest BCUT2D eigenvalue weighted by Gasteiger charge is -2.13. The van der Waals surface area contributed by atoms with E-state index in [-0.39, 0.29) is 5.91 Å². The smallest absolute Gasteiger partial charge is 0.266 e. The molecule has 1 N–H and O–H groups in total. The van der Waals surface area contributed by atoms with Crippen molar-refractivity contribution in [3.8, 4) is 11.4 Å². The van der Waals surface area contributed by atoms with Gasteiger partial charge < -0.3 is 10.1 Å². The lowest BCUT2D eigenvalue weighted by atomic mass is 10.1. The molecule has 5 nitrogen and oxygen atoms in total. The van der Waals surface area contributed by atoms with Crippen LogP contribution in [0.15, 0.2) is 60.8 Å². The maximum Gasteiger partial charge on any atom is 0.266 e. The molecule has 0 spiro atoms. The van der Waals surface area contributed by atoms with Crippen molar-refractivity contribution in [3.63, 3.8) is 0 Å². The Hall–Kier alpha value is -3.08. The topological polar surface area (TPSA) is 56.2 Å². The van der Waals surface area contributed by atoms with Crippen LogP contribution in [0, 0.1) is 6.92 Å². The second-order valence-corrected chi connectivity index (χ2v) is 5.83. The molecule has 0 radical (unpaired) electrons. The summed E-state index contributed by atoms with van der Waals surface area (Å²) in [6, 6.07) is 17.5. The first-order chi connectivity index (χ1) is 11.7. The summed E-state index contributed by atoms with van der Waals surface area (Å²) in [6.07, 6.45) is 1.81. The Morgan fingerprint density at radius 2 is 1.92 bits per heavy atom. The average Bonchev–Trinajstić information content (AvgIpc) is 3.20. The average molecular weight is 319 g/mol. The molecule has 3 aromatic rings. The number of fused-ring (bicyclic) bond motifs is 1. The normalized spacial score (nSPS) is 15.6. The number of aryl methyl sites for hydroxylation is 1. The Kier molecular flexibility index (Phi) is 3.54. The monoisotopic (exact) mass is 319 g/mol. The van der Waals surface area contributed by atoms with Crippen molar-refractivity contribution in [1.29, 1.82) is 0 Å². The molecule has 2 aromatic carbocycles. The van der Waals surface area contributed by atoms with Crippen LogP contribution < -0.4 is 10.1 Å². The van der Waals surface area contributed by atoms with E-state index in [1.807, 2.05) is 61.5 Å². The van der Waals surface area contributed by atoms with E-state index < -0.39 is 6.10 Å². The molecule has 2 heterocycles. The number of ether oxygens (including phenoxy) is 1. The summed E-state index contributed by atoms with van der Waals surface area (Å²) >= 11 is 0. The summed E-state index contributed by atoms with van der Waals surface area (Å²) in [6.45, 7) is 1.92. The molecule has 0 aliphatic carbocycles. The lowest BCUT2D eigenvalue weighted by molar-refractivity contribution is -0.122. The van der Waals surface area contributed by atoms with Crippen molar-refractivity contribution in [2.45, 2.75) is 19.4 Å². The molecule has 4 rings (SSSR count). The molecule has 120 valence electrons. The van der Waals surface area contributed by atoms with Gasteiger partial charge in [-0.05, 0) is 30.7 Å². The predicted molar refractivity (Wildman–Crippen MR) is 91.5 cm³/mol. The van der Waals surface area contributed by atoms with Crippen LogP contribution in [0.4, 0.5) is 5.82 Å². The van der Waals surface area contributed by atoms with E-state index in [0.29, 0.717) is 12.2 Å². The predicted octanol–water partition coefficient (Wildman–Crippen LogP) is 3.12. The standard InChI is InChI=1S/C19H17N3O2/c1-13-12-20-22(15-8-3-2-4-9-15)18(13)21-19(23)17-11-14-7-5-6-10-16(14)24-17/h2-10,12,17H,11H2,1H3,(H,21,23)/t17-/m1/s1. The van der Waals surface area contributed by atoms with Gasteiger partial charge in [-0.2, -0.15) is 5.10 Å². The number of benzene rings is 2. The van der Waals surface area contributed by atoms with E-state index >= 15 is 0 Å². The highest BCUT2D eigenvalue weighted by atomic mass is 16.5. The highest BCUT2D eigenvalue weighted by Crippen LogP contribution is 2.29. The summed E-state index contributed by atoms with van der Waals surface area (Å²) in [5.41, 5.74) is 2.87. The molecule has 1 aliphatic heterocycles. The summed E-state index contributed by atoms with van der Waals surface area (Å²) < 4.78 is 7.49. The molecule has 1 aromatic heterocycles. The van der Waals surface area contributed by atoms with Crippen molar-refractivity contribution in [2.24, 2.45) is 0 Å². The number of hydrogen-bond acceptors (Lipinski definition) is 3. The Labute approximate surface area is 139 Å². The molecule has 1 atom stereocenters. The van der Waals surface area contributed by atoms with E-state index in [2.05, 4.69) is 10.4 Å². The number of rotatable bonds is 3. The minimum Gasteiger partial charge on any atom is -0.480 e. The fraction of sp³-hybridized carbons (Fsp3) is 0.158. The Balaban J connectivity index is 1.57. The number of amides is 1. The van der Waals surface area contributed by atoms with E-state index in [1.54, 1.807) is 10.9 Å². The first-order valence-corrected chi connectivity index (χ1v) is 7.88. The number of nitrogens with zero attached hydrogens (tertiary/aromatic N) is 2. The maximum absolute atomic E-state index is 12.6. The number of anilines is 1. The van der Waals surface area contributed by atoms with Crippen LogP contribution in [0.3, 0.4) is 0 Å². The molecule has 0 saturated heterocycles. The molecular formula is C19H17N3O2. The summed E-state index contributed by atoms with van der Waals surface area (Å²) in [5.74, 6) is 1.30. The quantitative estimate of drug-likeness (QED) is 0.807. The third kappa shape index (κ3) is 2.54. The van der Waals surface area contributed by atoms with Crippen LogP contribution in [0.1, 0.15) is 11.1 Å². The zero-order chi connectivity index (χ0) is 16.5. The third-order valence-electron chi connectivity index (χ3n) is 4.13. The minimum absolute atomic E-state index is 0.160. The van der Waals surface area contributed by atoms with E-state index in [4.69, 9.17) is 4.74 Å². The summed E-state index contributed by atoms with van der Waals surface area (Å²) in [5, 5.41) is 7.34. The number of carbonyl (C=O) groups is 1. The molecule has 0 unspecified atom stereocenters. The molecule has 5 heteroatoms. The van der Waals surface area contributed by atoms with Gasteiger partial charge in [-0.15, -0.1) is 0 Å². The fourth-order valence-electron chi connectivity index (χ4n) is 2.87. The van der Waals surface area contributed by atoms with Crippen molar-refractivity contribution in [2.75, 3.05) is 5.32 Å². The highest BCUT2D eigenvalue weighted by molar-refractivity contribution is 5.95. The molecule has 1 aliphatic rings. The largest absolute Gasteiger partial charge is 0.480 e. The van der Waals surface area contributed by atoms with Crippen LogP contribution in [-0.2, 0) is 11.2 Å². The highest BCUT2D eigenvalue weighted by Gasteiger charge is 2.29. The number of para-hydroxylation sites is 2. The van der Waals surface area contributed by atoms with Gasteiger partial charge in [0, 0.05) is 12.0 Å². The summed E-state index contributed by atoms with van der Waals surface area (Å²) in [7, 11) is 0. The van der Waals surface area contributed by atoms with Gasteiger partial charge in [0.25, 0.3) is 5.91 Å². The van der Waals surface area contributed by atoms with Gasteiger partial charge in [-0.1, -0.05) is 36.4 Å². The minimum atomic E-state index is -0.513. The SMILES string of the molecule is Cc1cnn(-c2ccccc2)c1NC(=O)[C@H]1Cc2ccccc2O1. The molecule has 0 fully saturated rings.